The van der Waals surface area contributed by atoms with E-state index in [9.17, 15) is 21.6 Å². The number of nitrogens with zero attached hydrogens (tertiary/aromatic N) is 3. The van der Waals surface area contributed by atoms with E-state index in [4.69, 9.17) is 11.6 Å². The second-order valence-electron chi connectivity index (χ2n) is 8.52. The highest BCUT2D eigenvalue weighted by Crippen LogP contribution is 2.26. The van der Waals surface area contributed by atoms with Gasteiger partial charge in [0.2, 0.25) is 21.9 Å². The van der Waals surface area contributed by atoms with Crippen molar-refractivity contribution in [3.8, 4) is 0 Å². The zero-order valence-corrected chi connectivity index (χ0v) is 23.2. The van der Waals surface area contributed by atoms with E-state index in [1.165, 1.54) is 28.6 Å². The standard InChI is InChI=1S/C24H28ClN5O5S2/c1-16-7-8-19(25)15-22(16)30(36(4,32)33)13-5-6-23(31)28-20-9-11-21(12-10-20)37(34,35)29-24-26-17(2)14-18(3)27-24/h7-12,14-15H,5-6,13H2,1-4H3,(H,28,31)(H,26,27,29). The molecule has 0 fully saturated rings. The Labute approximate surface area is 222 Å². The Kier molecular flexibility index (Phi) is 8.77. The predicted octanol–water partition coefficient (Wildman–Crippen LogP) is 4.04. The highest BCUT2D eigenvalue weighted by Gasteiger charge is 2.20. The smallest absolute Gasteiger partial charge is 0.264 e. The monoisotopic (exact) mass is 565 g/mol. The number of hydrogen-bond donors (Lipinski definition) is 2. The Morgan fingerprint density at radius 2 is 1.57 bits per heavy atom. The van der Waals surface area contributed by atoms with Crippen molar-refractivity contribution >= 4 is 54.9 Å². The molecule has 0 bridgehead atoms. The van der Waals surface area contributed by atoms with Gasteiger partial charge in [0.1, 0.15) is 0 Å². The first kappa shape index (κ1) is 28.4. The molecule has 0 spiro atoms. The molecule has 0 atom stereocenters. The van der Waals surface area contributed by atoms with Crippen LogP contribution in [0.4, 0.5) is 17.3 Å². The van der Waals surface area contributed by atoms with Crippen LogP contribution in [0.3, 0.4) is 0 Å². The van der Waals surface area contributed by atoms with Gasteiger partial charge in [-0.3, -0.25) is 9.10 Å². The topological polar surface area (TPSA) is 138 Å². The summed E-state index contributed by atoms with van der Waals surface area (Å²) in [4.78, 5) is 20.6. The van der Waals surface area contributed by atoms with E-state index in [1.807, 2.05) is 0 Å². The van der Waals surface area contributed by atoms with Gasteiger partial charge in [0.05, 0.1) is 16.8 Å². The van der Waals surface area contributed by atoms with Crippen LogP contribution in [0.2, 0.25) is 5.02 Å². The predicted molar refractivity (Wildman–Crippen MR) is 145 cm³/mol. The van der Waals surface area contributed by atoms with Crippen LogP contribution in [-0.2, 0) is 24.8 Å². The fourth-order valence-corrected chi connectivity index (χ4v) is 5.72. The van der Waals surface area contributed by atoms with Gasteiger partial charge in [0.25, 0.3) is 10.0 Å². The first-order valence-corrected chi connectivity index (χ1v) is 14.9. The molecular weight excluding hydrogens is 538 g/mol. The number of sulfonamides is 2. The third kappa shape index (κ3) is 7.88. The van der Waals surface area contributed by atoms with E-state index >= 15 is 0 Å². The van der Waals surface area contributed by atoms with Crippen molar-refractivity contribution in [3.05, 3.63) is 70.5 Å². The molecule has 13 heteroatoms. The summed E-state index contributed by atoms with van der Waals surface area (Å²) in [5.41, 5.74) is 2.87. The van der Waals surface area contributed by atoms with Gasteiger partial charge in [-0.05, 0) is 75.2 Å². The summed E-state index contributed by atoms with van der Waals surface area (Å²) in [6, 6.07) is 12.4. The molecule has 0 aliphatic carbocycles. The molecule has 10 nitrogen and oxygen atoms in total. The van der Waals surface area contributed by atoms with Crippen LogP contribution in [0.25, 0.3) is 0 Å². The van der Waals surface area contributed by atoms with Crippen molar-refractivity contribution < 1.29 is 21.6 Å². The average molecular weight is 566 g/mol. The van der Waals surface area contributed by atoms with Crippen LogP contribution in [0.5, 0.6) is 0 Å². The van der Waals surface area contributed by atoms with Gasteiger partial charge in [0.15, 0.2) is 0 Å². The van der Waals surface area contributed by atoms with E-state index < -0.39 is 20.0 Å². The molecule has 1 amide bonds. The molecule has 0 saturated carbocycles. The molecule has 0 aliphatic rings. The Balaban J connectivity index is 1.60. The Morgan fingerprint density at radius 3 is 2.16 bits per heavy atom. The number of rotatable bonds is 10. The number of halogens is 1. The molecule has 1 aromatic heterocycles. The minimum Gasteiger partial charge on any atom is -0.326 e. The SMILES string of the molecule is Cc1cc(C)nc(NS(=O)(=O)c2ccc(NC(=O)CCCN(c3cc(Cl)ccc3C)S(C)(=O)=O)cc2)n1. The maximum absolute atomic E-state index is 12.7. The van der Waals surface area contributed by atoms with Crippen molar-refractivity contribution in [2.24, 2.45) is 0 Å². The number of anilines is 3. The van der Waals surface area contributed by atoms with E-state index in [2.05, 4.69) is 20.0 Å². The van der Waals surface area contributed by atoms with Crippen molar-refractivity contribution in [3.63, 3.8) is 0 Å². The molecule has 2 aromatic carbocycles. The van der Waals surface area contributed by atoms with Gasteiger partial charge in [-0.15, -0.1) is 0 Å². The Hall–Kier alpha value is -3.22. The minimum atomic E-state index is -3.92. The fraction of sp³-hybridized carbons (Fsp3) is 0.292. The number of hydrogen-bond acceptors (Lipinski definition) is 7. The van der Waals surface area contributed by atoms with Crippen molar-refractivity contribution in [1.82, 2.24) is 9.97 Å². The summed E-state index contributed by atoms with van der Waals surface area (Å²) >= 11 is 6.04. The van der Waals surface area contributed by atoms with E-state index in [0.717, 1.165) is 11.8 Å². The van der Waals surface area contributed by atoms with Crippen LogP contribution in [0.1, 0.15) is 29.8 Å². The molecule has 0 aliphatic heterocycles. The summed E-state index contributed by atoms with van der Waals surface area (Å²) in [6.45, 7) is 5.35. The number of nitrogens with one attached hydrogen (secondary N) is 2. The lowest BCUT2D eigenvalue weighted by molar-refractivity contribution is -0.116. The van der Waals surface area contributed by atoms with E-state index in [1.54, 1.807) is 45.0 Å². The first-order valence-electron chi connectivity index (χ1n) is 11.2. The van der Waals surface area contributed by atoms with E-state index in [0.29, 0.717) is 27.8 Å². The molecular formula is C24H28ClN5O5S2. The van der Waals surface area contributed by atoms with Crippen molar-refractivity contribution in [2.45, 2.75) is 38.5 Å². The summed E-state index contributed by atoms with van der Waals surface area (Å²) in [6.07, 6.45) is 1.42. The molecule has 3 rings (SSSR count). The molecule has 0 saturated heterocycles. The lowest BCUT2D eigenvalue weighted by Crippen LogP contribution is -2.32. The summed E-state index contributed by atoms with van der Waals surface area (Å²) < 4.78 is 53.6. The summed E-state index contributed by atoms with van der Waals surface area (Å²) in [5, 5.41) is 3.10. The Bertz CT molecular complexity index is 1490. The second kappa shape index (κ2) is 11.4. The molecule has 0 unspecified atom stereocenters. The number of amides is 1. The summed E-state index contributed by atoms with van der Waals surface area (Å²) in [7, 11) is -7.51. The fourth-order valence-electron chi connectivity index (χ4n) is 3.59. The average Bonchev–Trinajstić information content (AvgIpc) is 2.77. The van der Waals surface area contributed by atoms with Crippen LogP contribution in [0, 0.1) is 20.8 Å². The van der Waals surface area contributed by atoms with Gasteiger partial charge in [0, 0.05) is 35.1 Å². The number of carbonyl (C=O) groups excluding carboxylic acids is 1. The first-order chi connectivity index (χ1) is 17.2. The van der Waals surface area contributed by atoms with Gasteiger partial charge in [-0.1, -0.05) is 17.7 Å². The normalized spacial score (nSPS) is 11.7. The second-order valence-corrected chi connectivity index (χ2v) is 12.5. The molecule has 37 heavy (non-hydrogen) atoms. The third-order valence-electron chi connectivity index (χ3n) is 5.26. The maximum Gasteiger partial charge on any atom is 0.264 e. The van der Waals surface area contributed by atoms with Crippen LogP contribution >= 0.6 is 11.6 Å². The zero-order chi connectivity index (χ0) is 27.4. The highest BCUT2D eigenvalue weighted by atomic mass is 35.5. The largest absolute Gasteiger partial charge is 0.326 e. The number of benzene rings is 2. The molecule has 198 valence electrons. The molecule has 3 aromatic rings. The molecule has 1 heterocycles. The Morgan fingerprint density at radius 1 is 0.946 bits per heavy atom. The minimum absolute atomic E-state index is 0.0195. The van der Waals surface area contributed by atoms with Gasteiger partial charge in [-0.2, -0.15) is 0 Å². The number of carbonyl (C=O) groups is 1. The third-order valence-corrected chi connectivity index (χ3v) is 8.02. The highest BCUT2D eigenvalue weighted by molar-refractivity contribution is 7.92. The van der Waals surface area contributed by atoms with E-state index in [-0.39, 0.29) is 36.1 Å². The summed E-state index contributed by atoms with van der Waals surface area (Å²) in [5.74, 6) is -0.361. The van der Waals surface area contributed by atoms with Gasteiger partial charge >= 0.3 is 0 Å². The van der Waals surface area contributed by atoms with Gasteiger partial charge in [-0.25, -0.2) is 31.5 Å². The zero-order valence-electron chi connectivity index (χ0n) is 20.8. The lowest BCUT2D eigenvalue weighted by Gasteiger charge is -2.24. The van der Waals surface area contributed by atoms with Crippen LogP contribution < -0.4 is 14.3 Å². The van der Waals surface area contributed by atoms with Gasteiger partial charge < -0.3 is 5.32 Å². The number of aromatic nitrogens is 2. The quantitative estimate of drug-likeness (QED) is 0.378. The van der Waals surface area contributed by atoms with Crippen molar-refractivity contribution in [1.29, 1.82) is 0 Å². The number of aryl methyl sites for hydroxylation is 3. The van der Waals surface area contributed by atoms with Crippen LogP contribution in [0.15, 0.2) is 53.4 Å². The molecule has 2 N–H and O–H groups in total. The lowest BCUT2D eigenvalue weighted by atomic mass is 10.2. The van der Waals surface area contributed by atoms with Crippen molar-refractivity contribution in [2.75, 3.05) is 27.1 Å². The molecule has 0 radical (unpaired) electrons. The van der Waals surface area contributed by atoms with Crippen LogP contribution in [-0.4, -0.2) is 45.5 Å². The maximum atomic E-state index is 12.7.